The minimum Gasteiger partial charge on any atom is -0.530 e. The Kier molecular flexibility index (Phi) is 17.6. The van der Waals surface area contributed by atoms with E-state index in [-0.39, 0.29) is 42.7 Å². The van der Waals surface area contributed by atoms with Crippen molar-refractivity contribution < 1.29 is 44.6 Å². The van der Waals surface area contributed by atoms with Crippen LogP contribution in [0.5, 0.6) is 0 Å². The number of aliphatic hydroxyl groups excluding tert-OH is 1. The van der Waals surface area contributed by atoms with E-state index in [1.165, 1.54) is 43.4 Å². The van der Waals surface area contributed by atoms with Crippen molar-refractivity contribution in [2.75, 3.05) is 19.7 Å². The molecule has 0 atom stereocenters. The Bertz CT molecular complexity index is 225. The molecule has 0 aliphatic heterocycles. The summed E-state index contributed by atoms with van der Waals surface area (Å²) >= 11 is 0. The van der Waals surface area contributed by atoms with E-state index in [2.05, 4.69) is 13.8 Å². The minimum absolute atomic E-state index is 0. The number of carbonyl (C=O) groups excluding carboxylic acids is 1. The zero-order chi connectivity index (χ0) is 14.5. The molecule has 4 nitrogen and oxygen atoms in total. The van der Waals surface area contributed by atoms with Crippen LogP contribution >= 0.6 is 0 Å². The monoisotopic (exact) mass is 295 g/mol. The van der Waals surface area contributed by atoms with Gasteiger partial charge in [-0.1, -0.05) is 58.8 Å². The average Bonchev–Trinajstić information content (AvgIpc) is 2.34. The van der Waals surface area contributed by atoms with Crippen LogP contribution in [0.4, 0.5) is 4.79 Å². The standard InChI is InChI=1S/C15H31NO3.Na/c1-14(2)10-8-6-4-3-5-7-9-11-16(12-13-17)15(18)19;/h14,17H,3-13H2,1-2H3,(H,18,19);/q;+1/p-1. The molecule has 0 spiro atoms. The molecule has 0 rings (SSSR count). The van der Waals surface area contributed by atoms with Gasteiger partial charge in [0.1, 0.15) is 6.09 Å². The number of rotatable bonds is 12. The van der Waals surface area contributed by atoms with Crippen molar-refractivity contribution in [3.8, 4) is 0 Å². The molecule has 0 aromatic heterocycles. The smallest absolute Gasteiger partial charge is 0.530 e. The Labute approximate surface area is 146 Å². The molecular weight excluding hydrogens is 265 g/mol. The summed E-state index contributed by atoms with van der Waals surface area (Å²) in [5.41, 5.74) is 0. The van der Waals surface area contributed by atoms with Crippen LogP contribution in [-0.2, 0) is 0 Å². The average molecular weight is 295 g/mol. The Balaban J connectivity index is 0. The topological polar surface area (TPSA) is 63.6 Å². The van der Waals surface area contributed by atoms with Crippen molar-refractivity contribution in [1.82, 2.24) is 4.90 Å². The maximum absolute atomic E-state index is 10.7. The molecule has 0 saturated carbocycles. The molecule has 0 aliphatic carbocycles. The van der Waals surface area contributed by atoms with Crippen molar-refractivity contribution in [1.29, 1.82) is 0 Å². The van der Waals surface area contributed by atoms with Crippen LogP contribution in [0.1, 0.15) is 65.2 Å². The van der Waals surface area contributed by atoms with Gasteiger partial charge in [0.25, 0.3) is 0 Å². The van der Waals surface area contributed by atoms with Crippen LogP contribution in [0.3, 0.4) is 0 Å². The van der Waals surface area contributed by atoms with Crippen LogP contribution in [0.15, 0.2) is 0 Å². The predicted molar refractivity (Wildman–Crippen MR) is 75.8 cm³/mol. The first-order valence-corrected chi connectivity index (χ1v) is 7.64. The fourth-order valence-electron chi connectivity index (χ4n) is 2.15. The third-order valence-electron chi connectivity index (χ3n) is 3.34. The zero-order valence-corrected chi connectivity index (χ0v) is 15.6. The number of amides is 1. The Hall–Kier alpha value is 0.230. The van der Waals surface area contributed by atoms with Gasteiger partial charge in [-0.25, -0.2) is 0 Å². The number of hydrogen-bond acceptors (Lipinski definition) is 3. The zero-order valence-electron chi connectivity index (χ0n) is 13.6. The van der Waals surface area contributed by atoms with Crippen molar-refractivity contribution in [2.24, 2.45) is 5.92 Å². The number of unbranched alkanes of at least 4 members (excludes halogenated alkanes) is 6. The van der Waals surface area contributed by atoms with E-state index in [0.717, 1.165) is 18.8 Å². The normalized spacial score (nSPS) is 10.4. The minimum atomic E-state index is -1.18. The fourth-order valence-corrected chi connectivity index (χ4v) is 2.15. The van der Waals surface area contributed by atoms with E-state index in [1.807, 2.05) is 0 Å². The largest absolute Gasteiger partial charge is 1.00 e. The molecule has 0 aliphatic rings. The molecule has 0 radical (unpaired) electrons. The second-order valence-corrected chi connectivity index (χ2v) is 5.63. The molecule has 1 amide bonds. The fraction of sp³-hybridized carbons (Fsp3) is 0.933. The van der Waals surface area contributed by atoms with Crippen LogP contribution in [-0.4, -0.2) is 35.8 Å². The summed E-state index contributed by atoms with van der Waals surface area (Å²) in [5.74, 6) is 0.808. The molecule has 0 bridgehead atoms. The molecule has 0 aromatic rings. The van der Waals surface area contributed by atoms with Gasteiger partial charge in [-0.3, -0.25) is 0 Å². The number of hydrogen-bond donors (Lipinski definition) is 1. The van der Waals surface area contributed by atoms with Gasteiger partial charge >= 0.3 is 29.6 Å². The first kappa shape index (κ1) is 22.5. The second kappa shape index (κ2) is 15.6. The van der Waals surface area contributed by atoms with Gasteiger partial charge in [-0.05, 0) is 12.3 Å². The van der Waals surface area contributed by atoms with Crippen LogP contribution in [0.2, 0.25) is 0 Å². The van der Waals surface area contributed by atoms with Crippen LogP contribution in [0, 0.1) is 5.92 Å². The van der Waals surface area contributed by atoms with Gasteiger partial charge in [0.05, 0.1) is 6.61 Å². The molecule has 114 valence electrons. The Morgan fingerprint density at radius 1 is 1.00 bits per heavy atom. The summed E-state index contributed by atoms with van der Waals surface area (Å²) in [6.45, 7) is 5.03. The van der Waals surface area contributed by atoms with Gasteiger partial charge in [-0.15, -0.1) is 0 Å². The molecule has 1 N–H and O–H groups in total. The summed E-state index contributed by atoms with van der Waals surface area (Å²) in [4.78, 5) is 11.9. The summed E-state index contributed by atoms with van der Waals surface area (Å²) < 4.78 is 0. The van der Waals surface area contributed by atoms with Gasteiger partial charge in [-0.2, -0.15) is 0 Å². The van der Waals surface area contributed by atoms with E-state index in [0.29, 0.717) is 6.54 Å². The number of nitrogens with zero attached hydrogens (tertiary/aromatic N) is 1. The molecule has 5 heteroatoms. The second-order valence-electron chi connectivity index (χ2n) is 5.63. The molecule has 20 heavy (non-hydrogen) atoms. The molecule has 0 unspecified atom stereocenters. The van der Waals surface area contributed by atoms with Gasteiger partial charge in [0.2, 0.25) is 0 Å². The van der Waals surface area contributed by atoms with Crippen LogP contribution < -0.4 is 34.7 Å². The van der Waals surface area contributed by atoms with Crippen molar-refractivity contribution in [3.63, 3.8) is 0 Å². The summed E-state index contributed by atoms with van der Waals surface area (Å²) in [5, 5.41) is 19.4. The SMILES string of the molecule is CC(C)CCCCCCCCCN(CCO)C(=O)[O-].[Na+]. The van der Waals surface area contributed by atoms with E-state index < -0.39 is 6.09 Å². The first-order chi connectivity index (χ1) is 9.07. The quantitative estimate of drug-likeness (QED) is 0.386. The van der Waals surface area contributed by atoms with E-state index in [1.54, 1.807) is 0 Å². The third-order valence-corrected chi connectivity index (χ3v) is 3.34. The number of aliphatic hydroxyl groups is 1. The summed E-state index contributed by atoms with van der Waals surface area (Å²) in [6.07, 6.45) is 8.39. The van der Waals surface area contributed by atoms with E-state index in [4.69, 9.17) is 5.11 Å². The van der Waals surface area contributed by atoms with Gasteiger partial charge in [0.15, 0.2) is 0 Å². The predicted octanol–water partition coefficient (Wildman–Crippen LogP) is -0.595. The first-order valence-electron chi connectivity index (χ1n) is 7.64. The van der Waals surface area contributed by atoms with Crippen molar-refractivity contribution >= 4 is 6.09 Å². The molecular formula is C15H30NNaO3. The Morgan fingerprint density at radius 3 is 1.95 bits per heavy atom. The summed E-state index contributed by atoms with van der Waals surface area (Å²) in [6, 6.07) is 0. The van der Waals surface area contributed by atoms with Crippen LogP contribution in [0.25, 0.3) is 0 Å². The number of carbonyl (C=O) groups is 1. The molecule has 0 fully saturated rings. The van der Waals surface area contributed by atoms with Gasteiger partial charge < -0.3 is 19.9 Å². The van der Waals surface area contributed by atoms with Gasteiger partial charge in [0, 0.05) is 13.1 Å². The van der Waals surface area contributed by atoms with Crippen molar-refractivity contribution in [2.45, 2.75) is 65.2 Å². The maximum Gasteiger partial charge on any atom is 1.00 e. The maximum atomic E-state index is 10.7. The summed E-state index contributed by atoms with van der Waals surface area (Å²) in [7, 11) is 0. The van der Waals surface area contributed by atoms with E-state index >= 15 is 0 Å². The Morgan fingerprint density at radius 2 is 1.50 bits per heavy atom. The van der Waals surface area contributed by atoms with E-state index in [9.17, 15) is 9.90 Å². The molecule has 0 heterocycles. The molecule has 0 aromatic carbocycles. The molecule has 0 saturated heterocycles. The number of carboxylic acid groups (broad SMARTS) is 1. The third kappa shape index (κ3) is 14.6. The van der Waals surface area contributed by atoms with Crippen molar-refractivity contribution in [3.05, 3.63) is 0 Å².